The number of amides is 1. The lowest BCUT2D eigenvalue weighted by molar-refractivity contribution is 0.102. The zero-order valence-corrected chi connectivity index (χ0v) is 12.8. The molecule has 0 fully saturated rings. The van der Waals surface area contributed by atoms with Crippen molar-refractivity contribution in [1.82, 2.24) is 0 Å². The van der Waals surface area contributed by atoms with Gasteiger partial charge in [0.25, 0.3) is 11.7 Å². The summed E-state index contributed by atoms with van der Waals surface area (Å²) in [5.41, 5.74) is 1.15. The molecule has 5 heteroatoms. The number of hydrogen-bond donors (Lipinski definition) is 1. The molecule has 3 aromatic rings. The molecule has 1 amide bonds. The topological polar surface area (TPSA) is 29.1 Å². The van der Waals surface area contributed by atoms with Gasteiger partial charge in [-0.2, -0.15) is 8.78 Å². The van der Waals surface area contributed by atoms with Crippen molar-refractivity contribution in [3.8, 4) is 0 Å². The van der Waals surface area contributed by atoms with Crippen molar-refractivity contribution in [1.29, 1.82) is 0 Å². The van der Waals surface area contributed by atoms with Gasteiger partial charge in [0.15, 0.2) is 0 Å². The lowest BCUT2D eigenvalue weighted by atomic mass is 10.0. The average Bonchev–Trinajstić information content (AvgIpc) is 2.55. The quantitative estimate of drug-likeness (QED) is 0.649. The van der Waals surface area contributed by atoms with Gasteiger partial charge in [-0.25, -0.2) is 0 Å². The Balaban J connectivity index is 1.81. The first-order valence-electron chi connectivity index (χ1n) is 6.97. The van der Waals surface area contributed by atoms with Crippen LogP contribution in [0.3, 0.4) is 0 Å². The van der Waals surface area contributed by atoms with Gasteiger partial charge in [0, 0.05) is 16.1 Å². The summed E-state index contributed by atoms with van der Waals surface area (Å²) in [5.74, 6) is -2.68. The summed E-state index contributed by atoms with van der Waals surface area (Å²) in [6.45, 7) is 0. The molecular weight excluding hydrogens is 316 g/mol. The number of anilines is 1. The lowest BCUT2D eigenvalue weighted by Crippen LogP contribution is -2.12. The summed E-state index contributed by atoms with van der Waals surface area (Å²) in [4.78, 5) is 12.9. The number of thioether (sulfide) groups is 1. The van der Waals surface area contributed by atoms with Gasteiger partial charge in [-0.05, 0) is 41.1 Å². The van der Waals surface area contributed by atoms with Crippen LogP contribution in [0.2, 0.25) is 0 Å². The summed E-state index contributed by atoms with van der Waals surface area (Å²) < 4.78 is 24.6. The molecule has 0 aliphatic rings. The van der Waals surface area contributed by atoms with Crippen LogP contribution >= 0.6 is 11.8 Å². The number of benzene rings is 3. The van der Waals surface area contributed by atoms with E-state index < -0.39 is 5.76 Å². The van der Waals surface area contributed by atoms with E-state index in [-0.39, 0.29) is 5.91 Å². The highest BCUT2D eigenvalue weighted by molar-refractivity contribution is 7.99. The van der Waals surface area contributed by atoms with Gasteiger partial charge in [-0.3, -0.25) is 4.79 Å². The molecule has 1 N–H and O–H groups in total. The summed E-state index contributed by atoms with van der Waals surface area (Å²) in [6.07, 6.45) is 0. The van der Waals surface area contributed by atoms with Crippen LogP contribution in [0.15, 0.2) is 71.6 Å². The summed E-state index contributed by atoms with van der Waals surface area (Å²) in [6, 6.07) is 19.6. The second-order valence-corrected chi connectivity index (χ2v) is 5.95. The molecule has 2 nitrogen and oxygen atoms in total. The van der Waals surface area contributed by atoms with Crippen molar-refractivity contribution in [2.24, 2.45) is 0 Å². The van der Waals surface area contributed by atoms with Gasteiger partial charge in [-0.15, -0.1) is 0 Å². The number of alkyl halides is 2. The molecule has 0 aliphatic heterocycles. The molecule has 0 saturated carbocycles. The Hall–Kier alpha value is -2.40. The number of carbonyl (C=O) groups is 1. The van der Waals surface area contributed by atoms with Crippen LogP contribution in [0.5, 0.6) is 0 Å². The van der Waals surface area contributed by atoms with Crippen molar-refractivity contribution in [3.63, 3.8) is 0 Å². The lowest BCUT2D eigenvalue weighted by Gasteiger charge is -2.09. The number of halogens is 2. The van der Waals surface area contributed by atoms with Crippen LogP contribution in [0.4, 0.5) is 14.5 Å². The average molecular weight is 329 g/mol. The number of hydrogen-bond acceptors (Lipinski definition) is 2. The zero-order chi connectivity index (χ0) is 16.2. The standard InChI is InChI=1S/C18H13F2NOS/c19-18(20)23-14-10-8-13(9-11-14)21-17(22)16-7-3-5-12-4-1-2-6-15(12)16/h1-11,18H,(H,21,22). The smallest absolute Gasteiger partial charge is 0.288 e. The van der Waals surface area contributed by atoms with Crippen molar-refractivity contribution in [2.75, 3.05) is 5.32 Å². The Bertz CT molecular complexity index is 829. The Morgan fingerprint density at radius 3 is 2.35 bits per heavy atom. The third kappa shape index (κ3) is 3.68. The summed E-state index contributed by atoms with van der Waals surface area (Å²) in [5, 5.41) is 4.66. The first-order valence-corrected chi connectivity index (χ1v) is 7.85. The van der Waals surface area contributed by atoms with Crippen LogP contribution in [0.25, 0.3) is 10.8 Å². The second-order valence-electron chi connectivity index (χ2n) is 4.88. The van der Waals surface area contributed by atoms with Crippen molar-refractivity contribution in [3.05, 3.63) is 72.3 Å². The first kappa shape index (κ1) is 15.5. The number of fused-ring (bicyclic) bond motifs is 1. The minimum atomic E-state index is -2.45. The first-order chi connectivity index (χ1) is 11.1. The van der Waals surface area contributed by atoms with Crippen molar-refractivity contribution < 1.29 is 13.6 Å². The molecule has 0 bridgehead atoms. The Labute approximate surface area is 136 Å². The van der Waals surface area contributed by atoms with E-state index in [9.17, 15) is 13.6 Å². The van der Waals surface area contributed by atoms with Gasteiger partial charge in [0.1, 0.15) is 0 Å². The van der Waals surface area contributed by atoms with E-state index >= 15 is 0 Å². The van der Waals surface area contributed by atoms with Crippen LogP contribution in [-0.2, 0) is 0 Å². The fourth-order valence-electron chi connectivity index (χ4n) is 2.34. The van der Waals surface area contributed by atoms with Crippen LogP contribution in [-0.4, -0.2) is 11.7 Å². The Morgan fingerprint density at radius 1 is 0.913 bits per heavy atom. The fraction of sp³-hybridized carbons (Fsp3) is 0.0556. The highest BCUT2D eigenvalue weighted by Crippen LogP contribution is 2.26. The molecule has 0 saturated heterocycles. The van der Waals surface area contributed by atoms with E-state index in [0.29, 0.717) is 27.9 Å². The predicted molar refractivity (Wildman–Crippen MR) is 90.2 cm³/mol. The molecule has 0 unspecified atom stereocenters. The molecule has 3 aromatic carbocycles. The molecular formula is C18H13F2NOS. The maximum absolute atomic E-state index is 12.5. The summed E-state index contributed by atoms with van der Waals surface area (Å²) in [7, 11) is 0. The highest BCUT2D eigenvalue weighted by atomic mass is 32.2. The van der Waals surface area contributed by atoms with Gasteiger partial charge in [0.05, 0.1) is 0 Å². The van der Waals surface area contributed by atoms with E-state index in [2.05, 4.69) is 5.32 Å². The SMILES string of the molecule is O=C(Nc1ccc(SC(F)F)cc1)c1cccc2ccccc12. The number of nitrogens with one attached hydrogen (secondary N) is 1. The van der Waals surface area contributed by atoms with Crippen molar-refractivity contribution in [2.45, 2.75) is 10.7 Å². The largest absolute Gasteiger partial charge is 0.322 e. The normalized spacial score (nSPS) is 10.9. The minimum absolute atomic E-state index is 0.226. The van der Waals surface area contributed by atoms with Gasteiger partial charge in [0.2, 0.25) is 0 Å². The fourth-order valence-corrected chi connectivity index (χ4v) is 2.84. The monoisotopic (exact) mass is 329 g/mol. The number of rotatable bonds is 4. The molecule has 0 heterocycles. The van der Waals surface area contributed by atoms with Gasteiger partial charge >= 0.3 is 0 Å². The van der Waals surface area contributed by atoms with E-state index in [0.717, 1.165) is 10.8 Å². The van der Waals surface area contributed by atoms with E-state index in [1.54, 1.807) is 30.3 Å². The maximum Gasteiger partial charge on any atom is 0.288 e. The highest BCUT2D eigenvalue weighted by Gasteiger charge is 2.10. The van der Waals surface area contributed by atoms with E-state index in [4.69, 9.17) is 0 Å². The molecule has 0 aromatic heterocycles. The number of carbonyl (C=O) groups excluding carboxylic acids is 1. The molecule has 0 aliphatic carbocycles. The zero-order valence-electron chi connectivity index (χ0n) is 12.0. The third-order valence-corrected chi connectivity index (χ3v) is 4.09. The molecule has 0 spiro atoms. The second kappa shape index (κ2) is 6.79. The predicted octanol–water partition coefficient (Wildman–Crippen LogP) is 5.41. The Kier molecular flexibility index (Phi) is 4.57. The molecule has 116 valence electrons. The van der Waals surface area contributed by atoms with Gasteiger partial charge in [-0.1, -0.05) is 48.2 Å². The Morgan fingerprint density at radius 2 is 1.61 bits per heavy atom. The third-order valence-electron chi connectivity index (χ3n) is 3.37. The molecule has 3 rings (SSSR count). The van der Waals surface area contributed by atoms with Crippen LogP contribution < -0.4 is 5.32 Å². The summed E-state index contributed by atoms with van der Waals surface area (Å²) >= 11 is 0.478. The van der Waals surface area contributed by atoms with Gasteiger partial charge < -0.3 is 5.32 Å². The molecule has 0 atom stereocenters. The van der Waals surface area contributed by atoms with E-state index in [1.165, 1.54) is 0 Å². The van der Waals surface area contributed by atoms with Crippen molar-refractivity contribution >= 4 is 34.1 Å². The van der Waals surface area contributed by atoms with Crippen LogP contribution in [0, 0.1) is 0 Å². The minimum Gasteiger partial charge on any atom is -0.322 e. The van der Waals surface area contributed by atoms with E-state index in [1.807, 2.05) is 36.4 Å². The molecule has 23 heavy (non-hydrogen) atoms. The van der Waals surface area contributed by atoms with Crippen LogP contribution in [0.1, 0.15) is 10.4 Å². The molecule has 0 radical (unpaired) electrons. The maximum atomic E-state index is 12.5.